The van der Waals surface area contributed by atoms with Crippen LogP contribution in [-0.4, -0.2) is 26.7 Å². The van der Waals surface area contributed by atoms with Crippen molar-refractivity contribution in [2.24, 2.45) is 0 Å². The minimum Gasteiger partial charge on any atom is -0.454 e. The summed E-state index contributed by atoms with van der Waals surface area (Å²) in [6, 6.07) is 20.5. The fourth-order valence-electron chi connectivity index (χ4n) is 4.70. The molecule has 3 aromatic heterocycles. The standard InChI is InChI=1S/C29H25N5O4/c1-18-6-5-12-34-26(18)32-27-22(29(34)36)15-21(25(30)33(27)13-11-19-7-3-2-4-8-19)28(35)31-16-20-9-10-23-24(14-20)38-17-37-23/h2-10,12,14-15,30H,11,13,16-17H2,1H3,(H,31,35). The van der Waals surface area contributed by atoms with Crippen LogP contribution in [0.2, 0.25) is 0 Å². The number of ether oxygens (including phenoxy) is 2. The van der Waals surface area contributed by atoms with E-state index in [1.54, 1.807) is 22.9 Å². The van der Waals surface area contributed by atoms with Gasteiger partial charge in [-0.3, -0.25) is 19.4 Å². The van der Waals surface area contributed by atoms with E-state index in [0.717, 1.165) is 16.7 Å². The van der Waals surface area contributed by atoms with Crippen molar-refractivity contribution in [3.8, 4) is 11.5 Å². The third-order valence-electron chi connectivity index (χ3n) is 6.74. The van der Waals surface area contributed by atoms with Crippen LogP contribution in [0.4, 0.5) is 0 Å². The maximum absolute atomic E-state index is 13.5. The number of amides is 1. The first-order valence-corrected chi connectivity index (χ1v) is 12.3. The molecule has 9 nitrogen and oxygen atoms in total. The van der Waals surface area contributed by atoms with Crippen molar-refractivity contribution >= 4 is 22.6 Å². The molecule has 38 heavy (non-hydrogen) atoms. The molecule has 6 rings (SSSR count). The Balaban J connectivity index is 1.42. The summed E-state index contributed by atoms with van der Waals surface area (Å²) in [5.41, 5.74) is 3.49. The molecule has 0 bridgehead atoms. The van der Waals surface area contributed by atoms with Crippen LogP contribution in [0.25, 0.3) is 16.7 Å². The number of pyridine rings is 2. The van der Waals surface area contributed by atoms with Gasteiger partial charge in [-0.25, -0.2) is 4.98 Å². The van der Waals surface area contributed by atoms with Crippen LogP contribution in [0.1, 0.15) is 27.0 Å². The van der Waals surface area contributed by atoms with E-state index in [0.29, 0.717) is 35.8 Å². The summed E-state index contributed by atoms with van der Waals surface area (Å²) in [5.74, 6) is 0.846. The van der Waals surface area contributed by atoms with Gasteiger partial charge in [0.15, 0.2) is 11.5 Å². The summed E-state index contributed by atoms with van der Waals surface area (Å²) in [6.07, 6.45) is 2.28. The molecule has 2 N–H and O–H groups in total. The van der Waals surface area contributed by atoms with Gasteiger partial charge in [-0.2, -0.15) is 0 Å². The number of hydrogen-bond acceptors (Lipinski definition) is 6. The van der Waals surface area contributed by atoms with Crippen LogP contribution >= 0.6 is 0 Å². The molecule has 9 heteroatoms. The van der Waals surface area contributed by atoms with E-state index >= 15 is 0 Å². The molecule has 190 valence electrons. The SMILES string of the molecule is Cc1cccn2c(=O)c3cc(C(=O)NCc4ccc5c(c4)OCO5)c(=N)n(CCc4ccccc4)c3nc12. The summed E-state index contributed by atoms with van der Waals surface area (Å²) in [5, 5.41) is 12.1. The molecule has 1 aliphatic heterocycles. The maximum atomic E-state index is 13.5. The Morgan fingerprint density at radius 2 is 1.82 bits per heavy atom. The Labute approximate surface area is 217 Å². The molecule has 5 aromatic rings. The highest BCUT2D eigenvalue weighted by molar-refractivity contribution is 5.96. The number of carbonyl (C=O) groups excluding carboxylic acids is 1. The zero-order valence-corrected chi connectivity index (χ0v) is 20.7. The lowest BCUT2D eigenvalue weighted by Crippen LogP contribution is -2.35. The van der Waals surface area contributed by atoms with Crippen molar-refractivity contribution in [2.75, 3.05) is 6.79 Å². The molecular formula is C29H25N5O4. The fraction of sp³-hybridized carbons (Fsp3) is 0.172. The smallest absolute Gasteiger partial charge is 0.267 e. The number of aryl methyl sites for hydroxylation is 3. The van der Waals surface area contributed by atoms with E-state index in [2.05, 4.69) is 5.32 Å². The molecule has 0 fully saturated rings. The van der Waals surface area contributed by atoms with Crippen molar-refractivity contribution in [2.45, 2.75) is 26.4 Å². The summed E-state index contributed by atoms with van der Waals surface area (Å²) in [7, 11) is 0. The highest BCUT2D eigenvalue weighted by Crippen LogP contribution is 2.32. The lowest BCUT2D eigenvalue weighted by molar-refractivity contribution is 0.0948. The second kappa shape index (κ2) is 9.51. The van der Waals surface area contributed by atoms with Crippen LogP contribution in [0.5, 0.6) is 11.5 Å². The van der Waals surface area contributed by atoms with E-state index < -0.39 is 5.91 Å². The predicted molar refractivity (Wildman–Crippen MR) is 141 cm³/mol. The zero-order chi connectivity index (χ0) is 26.2. The second-order valence-electron chi connectivity index (χ2n) is 9.20. The van der Waals surface area contributed by atoms with Crippen molar-refractivity contribution in [1.29, 1.82) is 5.41 Å². The molecule has 0 aliphatic carbocycles. The Hall–Kier alpha value is -4.92. The van der Waals surface area contributed by atoms with E-state index in [9.17, 15) is 9.59 Å². The third-order valence-corrected chi connectivity index (χ3v) is 6.74. The van der Waals surface area contributed by atoms with E-state index in [-0.39, 0.29) is 35.3 Å². The van der Waals surface area contributed by atoms with Crippen LogP contribution in [0.3, 0.4) is 0 Å². The topological polar surface area (TPSA) is 111 Å². The first kappa shape index (κ1) is 23.5. The molecule has 1 aliphatic rings. The minimum absolute atomic E-state index is 0.00134. The maximum Gasteiger partial charge on any atom is 0.267 e. The van der Waals surface area contributed by atoms with Crippen molar-refractivity contribution in [3.05, 3.63) is 111 Å². The lowest BCUT2D eigenvalue weighted by Gasteiger charge is -2.15. The summed E-state index contributed by atoms with van der Waals surface area (Å²) < 4.78 is 13.9. The van der Waals surface area contributed by atoms with Crippen molar-refractivity contribution in [3.63, 3.8) is 0 Å². The van der Waals surface area contributed by atoms with Gasteiger partial charge >= 0.3 is 0 Å². The highest BCUT2D eigenvalue weighted by Gasteiger charge is 2.19. The Bertz CT molecular complexity index is 1830. The molecule has 0 spiro atoms. The van der Waals surface area contributed by atoms with Gasteiger partial charge in [-0.05, 0) is 54.3 Å². The molecular weight excluding hydrogens is 482 g/mol. The fourth-order valence-corrected chi connectivity index (χ4v) is 4.70. The summed E-state index contributed by atoms with van der Waals surface area (Å²) in [6.45, 7) is 2.68. The van der Waals surface area contributed by atoms with Crippen LogP contribution in [-0.2, 0) is 19.5 Å². The number of nitrogens with one attached hydrogen (secondary N) is 2. The largest absolute Gasteiger partial charge is 0.454 e. The van der Waals surface area contributed by atoms with E-state index in [1.807, 2.05) is 55.5 Å². The number of fused-ring (bicyclic) bond motifs is 3. The molecule has 2 aromatic carbocycles. The monoisotopic (exact) mass is 507 g/mol. The zero-order valence-electron chi connectivity index (χ0n) is 20.7. The summed E-state index contributed by atoms with van der Waals surface area (Å²) >= 11 is 0. The Kier molecular flexibility index (Phi) is 5.88. The van der Waals surface area contributed by atoms with Crippen molar-refractivity contribution < 1.29 is 14.3 Å². The highest BCUT2D eigenvalue weighted by atomic mass is 16.7. The first-order valence-electron chi connectivity index (χ1n) is 12.3. The number of nitrogens with zero attached hydrogens (tertiary/aromatic N) is 3. The van der Waals surface area contributed by atoms with Gasteiger partial charge in [-0.1, -0.05) is 42.5 Å². The molecule has 0 saturated carbocycles. The summed E-state index contributed by atoms with van der Waals surface area (Å²) in [4.78, 5) is 31.7. The quantitative estimate of drug-likeness (QED) is 0.343. The Morgan fingerprint density at radius 3 is 2.66 bits per heavy atom. The molecule has 0 atom stereocenters. The predicted octanol–water partition coefficient (Wildman–Crippen LogP) is 3.34. The molecule has 4 heterocycles. The van der Waals surface area contributed by atoms with Crippen LogP contribution in [0.15, 0.2) is 77.7 Å². The van der Waals surface area contributed by atoms with Gasteiger partial charge in [0.25, 0.3) is 11.5 Å². The van der Waals surface area contributed by atoms with Gasteiger partial charge in [0.1, 0.15) is 16.8 Å². The van der Waals surface area contributed by atoms with Gasteiger partial charge in [0.2, 0.25) is 6.79 Å². The Morgan fingerprint density at radius 1 is 1.00 bits per heavy atom. The number of rotatable bonds is 6. The number of aromatic nitrogens is 3. The van der Waals surface area contributed by atoms with Gasteiger partial charge < -0.3 is 19.4 Å². The third kappa shape index (κ3) is 4.17. The number of benzene rings is 2. The average Bonchev–Trinajstić information content (AvgIpc) is 3.40. The van der Waals surface area contributed by atoms with Gasteiger partial charge in [0.05, 0.1) is 10.9 Å². The van der Waals surface area contributed by atoms with Crippen LogP contribution < -0.4 is 25.8 Å². The lowest BCUT2D eigenvalue weighted by atomic mass is 10.1. The van der Waals surface area contributed by atoms with Gasteiger partial charge in [-0.15, -0.1) is 0 Å². The second-order valence-corrected chi connectivity index (χ2v) is 9.20. The molecule has 0 unspecified atom stereocenters. The molecule has 1 amide bonds. The van der Waals surface area contributed by atoms with E-state index in [4.69, 9.17) is 19.9 Å². The molecule has 0 radical (unpaired) electrons. The van der Waals surface area contributed by atoms with Crippen molar-refractivity contribution in [1.82, 2.24) is 19.3 Å². The molecule has 0 saturated heterocycles. The van der Waals surface area contributed by atoms with Crippen LogP contribution in [0, 0.1) is 12.3 Å². The van der Waals surface area contributed by atoms with Gasteiger partial charge in [0, 0.05) is 19.3 Å². The number of carbonyl (C=O) groups is 1. The minimum atomic E-state index is -0.447. The average molecular weight is 508 g/mol. The first-order chi connectivity index (χ1) is 18.5. The normalized spacial score (nSPS) is 12.2. The number of hydrogen-bond donors (Lipinski definition) is 2. The van der Waals surface area contributed by atoms with E-state index in [1.165, 1.54) is 10.5 Å².